The van der Waals surface area contributed by atoms with Crippen LogP contribution in [0.3, 0.4) is 0 Å². The number of anilines is 1. The summed E-state index contributed by atoms with van der Waals surface area (Å²) in [6.45, 7) is 6.12. The van der Waals surface area contributed by atoms with Crippen LogP contribution >= 0.6 is 0 Å². The van der Waals surface area contributed by atoms with E-state index in [9.17, 15) is 14.9 Å². The Balaban J connectivity index is 1.82. The number of carbonyl (C=O) groups is 1. The Morgan fingerprint density at radius 1 is 1.16 bits per heavy atom. The summed E-state index contributed by atoms with van der Waals surface area (Å²) in [7, 11) is 0. The number of rotatable bonds is 7. The minimum absolute atomic E-state index is 0.00365. The van der Waals surface area contributed by atoms with Gasteiger partial charge in [-0.25, -0.2) is 0 Å². The molecule has 6 heteroatoms. The van der Waals surface area contributed by atoms with Crippen LogP contribution in [-0.2, 0) is 4.79 Å². The molecule has 0 aliphatic heterocycles. The van der Waals surface area contributed by atoms with E-state index in [4.69, 9.17) is 4.74 Å². The Morgan fingerprint density at radius 3 is 2.64 bits per heavy atom. The van der Waals surface area contributed by atoms with Crippen LogP contribution in [0.1, 0.15) is 29.5 Å². The monoisotopic (exact) mass is 342 g/mol. The Labute approximate surface area is 147 Å². The molecule has 0 aliphatic carbocycles. The van der Waals surface area contributed by atoms with Gasteiger partial charge in [0.05, 0.1) is 11.5 Å². The van der Waals surface area contributed by atoms with E-state index in [2.05, 4.69) is 5.32 Å². The molecule has 25 heavy (non-hydrogen) atoms. The van der Waals surface area contributed by atoms with Crippen molar-refractivity contribution in [1.82, 2.24) is 0 Å². The van der Waals surface area contributed by atoms with Crippen LogP contribution in [0.15, 0.2) is 36.4 Å². The predicted octanol–water partition coefficient (Wildman–Crippen LogP) is 4.32. The third-order valence-electron chi connectivity index (χ3n) is 4.05. The number of nitro groups is 1. The molecule has 1 amide bonds. The molecule has 0 spiro atoms. The molecule has 0 unspecified atom stereocenters. The lowest BCUT2D eigenvalue weighted by molar-refractivity contribution is -0.385. The molecule has 2 aromatic carbocycles. The largest absolute Gasteiger partial charge is 0.493 e. The molecule has 2 rings (SSSR count). The van der Waals surface area contributed by atoms with Gasteiger partial charge in [-0.2, -0.15) is 0 Å². The van der Waals surface area contributed by atoms with Crippen LogP contribution in [0.25, 0.3) is 0 Å². The number of benzene rings is 2. The van der Waals surface area contributed by atoms with Crippen molar-refractivity contribution < 1.29 is 14.5 Å². The first-order chi connectivity index (χ1) is 11.9. The van der Waals surface area contributed by atoms with Gasteiger partial charge in [0, 0.05) is 23.7 Å². The third kappa shape index (κ3) is 5.04. The van der Waals surface area contributed by atoms with E-state index in [0.717, 1.165) is 16.9 Å². The van der Waals surface area contributed by atoms with E-state index >= 15 is 0 Å². The van der Waals surface area contributed by atoms with Crippen LogP contribution in [0, 0.1) is 30.9 Å². The fourth-order valence-corrected chi connectivity index (χ4v) is 2.40. The van der Waals surface area contributed by atoms with E-state index in [1.807, 2.05) is 32.0 Å². The SMILES string of the molecule is Cc1ccc(NC(=O)CCCOc2cccc(C)c2C)cc1[N+](=O)[O-]. The lowest BCUT2D eigenvalue weighted by Gasteiger charge is -2.11. The summed E-state index contributed by atoms with van der Waals surface area (Å²) in [5.74, 6) is 0.636. The molecule has 0 saturated carbocycles. The van der Waals surface area contributed by atoms with E-state index in [1.165, 1.54) is 6.07 Å². The highest BCUT2D eigenvalue weighted by atomic mass is 16.6. The summed E-state index contributed by atoms with van der Waals surface area (Å²) in [6.07, 6.45) is 0.847. The number of nitrogens with one attached hydrogen (secondary N) is 1. The number of hydrogen-bond donors (Lipinski definition) is 1. The fourth-order valence-electron chi connectivity index (χ4n) is 2.40. The van der Waals surface area contributed by atoms with Gasteiger partial charge in [-0.15, -0.1) is 0 Å². The molecule has 0 aliphatic rings. The van der Waals surface area contributed by atoms with Crippen LogP contribution in [0.4, 0.5) is 11.4 Å². The Bertz CT molecular complexity index is 787. The molecule has 1 N–H and O–H groups in total. The number of ether oxygens (including phenoxy) is 1. The molecule has 0 saturated heterocycles. The van der Waals surface area contributed by atoms with Gasteiger partial charge in [0.2, 0.25) is 5.91 Å². The molecular formula is C19H22N2O4. The Morgan fingerprint density at radius 2 is 1.92 bits per heavy atom. The third-order valence-corrected chi connectivity index (χ3v) is 4.05. The zero-order valence-corrected chi connectivity index (χ0v) is 14.7. The van der Waals surface area contributed by atoms with E-state index in [1.54, 1.807) is 19.1 Å². The van der Waals surface area contributed by atoms with E-state index < -0.39 is 4.92 Å². The van der Waals surface area contributed by atoms with Gasteiger partial charge in [0.25, 0.3) is 5.69 Å². The fraction of sp³-hybridized carbons (Fsp3) is 0.316. The predicted molar refractivity (Wildman–Crippen MR) is 97.1 cm³/mol. The molecule has 0 heterocycles. The first-order valence-electron chi connectivity index (χ1n) is 8.12. The highest BCUT2D eigenvalue weighted by Gasteiger charge is 2.12. The second-order valence-electron chi connectivity index (χ2n) is 5.96. The highest BCUT2D eigenvalue weighted by Crippen LogP contribution is 2.23. The van der Waals surface area contributed by atoms with Crippen molar-refractivity contribution in [2.24, 2.45) is 0 Å². The van der Waals surface area contributed by atoms with Crippen molar-refractivity contribution in [2.45, 2.75) is 33.6 Å². The average molecular weight is 342 g/mol. The standard InChI is InChI=1S/C19H22N2O4/c1-13-6-4-7-18(15(13)3)25-11-5-8-19(22)20-16-10-9-14(2)17(12-16)21(23)24/h4,6-7,9-10,12H,5,8,11H2,1-3H3,(H,20,22). The van der Waals surface area contributed by atoms with Crippen LogP contribution in [0.2, 0.25) is 0 Å². The molecule has 0 aromatic heterocycles. The second-order valence-corrected chi connectivity index (χ2v) is 5.96. The maximum Gasteiger partial charge on any atom is 0.274 e. The number of nitrogens with zero attached hydrogens (tertiary/aromatic N) is 1. The van der Waals surface area contributed by atoms with Crippen molar-refractivity contribution in [3.8, 4) is 5.75 Å². The molecule has 2 aromatic rings. The summed E-state index contributed by atoms with van der Waals surface area (Å²) in [5, 5.41) is 13.6. The Kier molecular flexibility index (Phi) is 6.11. The average Bonchev–Trinajstić information content (AvgIpc) is 2.56. The summed E-state index contributed by atoms with van der Waals surface area (Å²) in [5.41, 5.74) is 3.24. The second kappa shape index (κ2) is 8.28. The zero-order chi connectivity index (χ0) is 18.4. The lowest BCUT2D eigenvalue weighted by atomic mass is 10.1. The van der Waals surface area contributed by atoms with Gasteiger partial charge in [-0.3, -0.25) is 14.9 Å². The van der Waals surface area contributed by atoms with Crippen molar-refractivity contribution in [3.05, 3.63) is 63.2 Å². The normalized spacial score (nSPS) is 10.4. The molecule has 0 atom stereocenters. The molecule has 0 fully saturated rings. The minimum Gasteiger partial charge on any atom is -0.493 e. The van der Waals surface area contributed by atoms with E-state index in [-0.39, 0.29) is 18.0 Å². The summed E-state index contributed by atoms with van der Waals surface area (Å²) in [4.78, 5) is 22.5. The number of hydrogen-bond acceptors (Lipinski definition) is 4. The summed E-state index contributed by atoms with van der Waals surface area (Å²) >= 11 is 0. The number of nitro benzene ring substituents is 1. The van der Waals surface area contributed by atoms with Gasteiger partial charge in [-0.1, -0.05) is 18.2 Å². The number of aryl methyl sites for hydroxylation is 2. The van der Waals surface area contributed by atoms with Crippen molar-refractivity contribution >= 4 is 17.3 Å². The number of carbonyl (C=O) groups excluding carboxylic acids is 1. The van der Waals surface area contributed by atoms with Crippen molar-refractivity contribution in [3.63, 3.8) is 0 Å². The molecule has 132 valence electrons. The lowest BCUT2D eigenvalue weighted by Crippen LogP contribution is -2.13. The van der Waals surface area contributed by atoms with Crippen LogP contribution < -0.4 is 10.1 Å². The molecule has 0 radical (unpaired) electrons. The van der Waals surface area contributed by atoms with Crippen LogP contribution in [0.5, 0.6) is 5.75 Å². The maximum atomic E-state index is 12.0. The van der Waals surface area contributed by atoms with Gasteiger partial charge >= 0.3 is 0 Å². The first kappa shape index (κ1) is 18.4. The maximum absolute atomic E-state index is 12.0. The first-order valence-corrected chi connectivity index (χ1v) is 8.12. The summed E-state index contributed by atoms with van der Waals surface area (Å²) in [6, 6.07) is 10.5. The molecular weight excluding hydrogens is 320 g/mol. The molecule has 6 nitrogen and oxygen atoms in total. The number of amides is 1. The van der Waals surface area contributed by atoms with Gasteiger partial charge in [0.15, 0.2) is 0 Å². The van der Waals surface area contributed by atoms with Crippen molar-refractivity contribution in [2.75, 3.05) is 11.9 Å². The summed E-state index contributed by atoms with van der Waals surface area (Å²) < 4.78 is 5.72. The highest BCUT2D eigenvalue weighted by molar-refractivity contribution is 5.91. The van der Waals surface area contributed by atoms with Gasteiger partial charge in [0.1, 0.15) is 5.75 Å². The quantitative estimate of drug-likeness (QED) is 0.461. The zero-order valence-electron chi connectivity index (χ0n) is 14.7. The smallest absolute Gasteiger partial charge is 0.274 e. The van der Waals surface area contributed by atoms with E-state index in [0.29, 0.717) is 24.3 Å². The van der Waals surface area contributed by atoms with Crippen LogP contribution in [-0.4, -0.2) is 17.4 Å². The Hall–Kier alpha value is -2.89. The van der Waals surface area contributed by atoms with Gasteiger partial charge < -0.3 is 10.1 Å². The van der Waals surface area contributed by atoms with Gasteiger partial charge in [-0.05, 0) is 50.5 Å². The van der Waals surface area contributed by atoms with Crippen molar-refractivity contribution in [1.29, 1.82) is 0 Å². The topological polar surface area (TPSA) is 81.5 Å². The minimum atomic E-state index is -0.455. The molecule has 0 bridgehead atoms.